The van der Waals surface area contributed by atoms with Gasteiger partial charge < -0.3 is 9.64 Å². The highest BCUT2D eigenvalue weighted by molar-refractivity contribution is 5.36. The fourth-order valence-electron chi connectivity index (χ4n) is 1.98. The van der Waals surface area contributed by atoms with Crippen LogP contribution in [0, 0.1) is 13.8 Å². The Hall–Kier alpha value is -1.54. The molecule has 96 valence electrons. The fraction of sp³-hybridized carbons (Fsp3) is 0.375. The molecule has 1 aromatic rings. The maximum Gasteiger partial charge on any atom is 0.127 e. The average molecular weight is 243 g/mol. The zero-order valence-electron chi connectivity index (χ0n) is 11.6. The summed E-state index contributed by atoms with van der Waals surface area (Å²) < 4.78 is 5.92. The van der Waals surface area contributed by atoms with Crippen molar-refractivity contribution in [3.63, 3.8) is 0 Å². The molecule has 0 saturated heterocycles. The highest BCUT2D eigenvalue weighted by atomic mass is 16.5. The third-order valence-corrected chi connectivity index (χ3v) is 3.39. The Morgan fingerprint density at radius 1 is 1.17 bits per heavy atom. The second-order valence-electron chi connectivity index (χ2n) is 5.09. The van der Waals surface area contributed by atoms with Gasteiger partial charge in [-0.25, -0.2) is 0 Å². The van der Waals surface area contributed by atoms with Crippen LogP contribution in [0.3, 0.4) is 0 Å². The summed E-state index contributed by atoms with van der Waals surface area (Å²) >= 11 is 0. The Balaban J connectivity index is 2.13. The number of likely N-dealkylation sites (N-methyl/N-ethyl adjacent to an activating group) is 1. The first-order valence-electron chi connectivity index (χ1n) is 6.36. The van der Waals surface area contributed by atoms with Gasteiger partial charge in [0, 0.05) is 6.04 Å². The molecule has 0 heterocycles. The Bertz CT molecular complexity index is 486. The smallest absolute Gasteiger partial charge is 0.127 e. The molecule has 0 saturated carbocycles. The molecule has 1 atom stereocenters. The van der Waals surface area contributed by atoms with Crippen LogP contribution in [0.5, 0.6) is 5.75 Å². The number of rotatable bonds is 3. The minimum absolute atomic E-state index is 0.427. The summed E-state index contributed by atoms with van der Waals surface area (Å²) in [5.41, 5.74) is 2.55. The summed E-state index contributed by atoms with van der Waals surface area (Å²) in [5, 5.41) is 0. The van der Waals surface area contributed by atoms with Crippen LogP contribution in [0.2, 0.25) is 0 Å². The van der Waals surface area contributed by atoms with Crippen molar-refractivity contribution in [3.8, 4) is 5.75 Å². The lowest BCUT2D eigenvalue weighted by molar-refractivity contribution is 0.330. The van der Waals surface area contributed by atoms with Crippen molar-refractivity contribution >= 4 is 0 Å². The molecule has 0 spiro atoms. The quantitative estimate of drug-likeness (QED) is 0.806. The van der Waals surface area contributed by atoms with Gasteiger partial charge in [0.15, 0.2) is 0 Å². The van der Waals surface area contributed by atoms with Gasteiger partial charge in [0.25, 0.3) is 0 Å². The topological polar surface area (TPSA) is 12.5 Å². The fourth-order valence-corrected chi connectivity index (χ4v) is 1.98. The number of hydrogen-bond acceptors (Lipinski definition) is 2. The normalized spacial score (nSPS) is 18.9. The minimum Gasteiger partial charge on any atom is -0.458 e. The zero-order chi connectivity index (χ0) is 13.1. The Morgan fingerprint density at radius 2 is 1.94 bits per heavy atom. The summed E-state index contributed by atoms with van der Waals surface area (Å²) in [5.74, 6) is 1.84. The van der Waals surface area contributed by atoms with E-state index in [0.717, 1.165) is 17.9 Å². The van der Waals surface area contributed by atoms with E-state index in [1.807, 2.05) is 6.07 Å². The molecule has 0 aliphatic heterocycles. The first-order chi connectivity index (χ1) is 8.56. The standard InChI is InChI=1S/C16H21NO/c1-12-8-9-16(10-13(12)2)18-15-7-5-6-14(11-15)17(3)4/h5,7-11,14H,6H2,1-4H3. The second kappa shape index (κ2) is 5.40. The molecule has 0 amide bonds. The SMILES string of the molecule is Cc1ccc(OC2=CC(N(C)C)CC=C2)cc1C. The molecule has 0 fully saturated rings. The third kappa shape index (κ3) is 3.02. The number of benzene rings is 1. The zero-order valence-corrected chi connectivity index (χ0v) is 11.6. The van der Waals surface area contributed by atoms with E-state index in [1.165, 1.54) is 11.1 Å². The molecular formula is C16H21NO. The van der Waals surface area contributed by atoms with E-state index in [2.05, 4.69) is 63.2 Å². The van der Waals surface area contributed by atoms with Gasteiger partial charge in [0.1, 0.15) is 11.5 Å². The summed E-state index contributed by atoms with van der Waals surface area (Å²) in [6.45, 7) is 4.22. The molecule has 0 radical (unpaired) electrons. The molecule has 1 aliphatic rings. The van der Waals surface area contributed by atoms with Crippen LogP contribution in [0.15, 0.2) is 42.2 Å². The van der Waals surface area contributed by atoms with Crippen LogP contribution in [0.25, 0.3) is 0 Å². The largest absolute Gasteiger partial charge is 0.458 e. The van der Waals surface area contributed by atoms with Gasteiger partial charge in [0.2, 0.25) is 0 Å². The summed E-state index contributed by atoms with van der Waals surface area (Å²) in [7, 11) is 4.18. The van der Waals surface area contributed by atoms with E-state index >= 15 is 0 Å². The van der Waals surface area contributed by atoms with Crippen LogP contribution in [-0.2, 0) is 0 Å². The number of aryl methyl sites for hydroxylation is 2. The van der Waals surface area contributed by atoms with Crippen molar-refractivity contribution in [2.45, 2.75) is 26.3 Å². The third-order valence-electron chi connectivity index (χ3n) is 3.39. The van der Waals surface area contributed by atoms with Crippen LogP contribution in [-0.4, -0.2) is 25.0 Å². The van der Waals surface area contributed by atoms with Crippen molar-refractivity contribution in [3.05, 3.63) is 53.3 Å². The number of ether oxygens (including phenoxy) is 1. The van der Waals surface area contributed by atoms with Gasteiger partial charge in [0.05, 0.1) is 0 Å². The number of hydrogen-bond donors (Lipinski definition) is 0. The van der Waals surface area contributed by atoms with Crippen molar-refractivity contribution in [1.82, 2.24) is 4.90 Å². The van der Waals surface area contributed by atoms with Crippen LogP contribution in [0.1, 0.15) is 17.5 Å². The van der Waals surface area contributed by atoms with Crippen molar-refractivity contribution in [1.29, 1.82) is 0 Å². The predicted octanol–water partition coefficient (Wildman–Crippen LogP) is 3.46. The molecule has 2 heteroatoms. The van der Waals surface area contributed by atoms with Gasteiger partial charge in [-0.2, -0.15) is 0 Å². The van der Waals surface area contributed by atoms with Gasteiger partial charge in [-0.15, -0.1) is 0 Å². The molecule has 1 aromatic carbocycles. The first-order valence-corrected chi connectivity index (χ1v) is 6.36. The molecule has 18 heavy (non-hydrogen) atoms. The average Bonchev–Trinajstić information content (AvgIpc) is 2.34. The first kappa shape index (κ1) is 12.9. The number of allylic oxidation sites excluding steroid dienone is 1. The molecule has 1 unspecified atom stereocenters. The molecular weight excluding hydrogens is 222 g/mol. The van der Waals surface area contributed by atoms with E-state index in [9.17, 15) is 0 Å². The summed E-state index contributed by atoms with van der Waals surface area (Å²) in [6.07, 6.45) is 7.44. The van der Waals surface area contributed by atoms with E-state index in [4.69, 9.17) is 4.74 Å². The predicted molar refractivity (Wildman–Crippen MR) is 75.9 cm³/mol. The van der Waals surface area contributed by atoms with Gasteiger partial charge in [-0.3, -0.25) is 0 Å². The molecule has 0 aromatic heterocycles. The van der Waals surface area contributed by atoms with Gasteiger partial charge in [-0.1, -0.05) is 12.1 Å². The Kier molecular flexibility index (Phi) is 3.87. The van der Waals surface area contributed by atoms with E-state index in [0.29, 0.717) is 6.04 Å². The Labute approximate surface area is 110 Å². The van der Waals surface area contributed by atoms with Crippen LogP contribution < -0.4 is 4.74 Å². The highest BCUT2D eigenvalue weighted by Crippen LogP contribution is 2.22. The molecule has 2 rings (SSSR count). The van der Waals surface area contributed by atoms with Crippen molar-refractivity contribution < 1.29 is 4.74 Å². The lowest BCUT2D eigenvalue weighted by Crippen LogP contribution is -2.27. The number of nitrogens with zero attached hydrogens (tertiary/aromatic N) is 1. The monoisotopic (exact) mass is 243 g/mol. The van der Waals surface area contributed by atoms with Crippen LogP contribution >= 0.6 is 0 Å². The van der Waals surface area contributed by atoms with E-state index in [-0.39, 0.29) is 0 Å². The van der Waals surface area contributed by atoms with Crippen molar-refractivity contribution in [2.24, 2.45) is 0 Å². The Morgan fingerprint density at radius 3 is 2.61 bits per heavy atom. The van der Waals surface area contributed by atoms with E-state index in [1.54, 1.807) is 0 Å². The molecule has 0 bridgehead atoms. The molecule has 0 N–H and O–H groups in total. The van der Waals surface area contributed by atoms with Gasteiger partial charge >= 0.3 is 0 Å². The highest BCUT2D eigenvalue weighted by Gasteiger charge is 2.12. The lowest BCUT2D eigenvalue weighted by atomic mass is 10.1. The van der Waals surface area contributed by atoms with Crippen LogP contribution in [0.4, 0.5) is 0 Å². The van der Waals surface area contributed by atoms with Gasteiger partial charge in [-0.05, 0) is 69.8 Å². The second-order valence-corrected chi connectivity index (χ2v) is 5.09. The lowest BCUT2D eigenvalue weighted by Gasteiger charge is -2.23. The summed E-state index contributed by atoms with van der Waals surface area (Å²) in [6, 6.07) is 6.64. The minimum atomic E-state index is 0.427. The molecule has 2 nitrogen and oxygen atoms in total. The van der Waals surface area contributed by atoms with E-state index < -0.39 is 0 Å². The summed E-state index contributed by atoms with van der Waals surface area (Å²) in [4.78, 5) is 2.20. The maximum absolute atomic E-state index is 5.92. The maximum atomic E-state index is 5.92. The molecule has 1 aliphatic carbocycles. The van der Waals surface area contributed by atoms with Crippen molar-refractivity contribution in [2.75, 3.05) is 14.1 Å².